The molecule has 0 aromatic heterocycles. The molecule has 0 heterocycles. The molecule has 12 heavy (non-hydrogen) atoms. The van der Waals surface area contributed by atoms with Crippen molar-refractivity contribution in [3.8, 4) is 0 Å². The molecule has 0 aliphatic heterocycles. The second kappa shape index (κ2) is 3.97. The first-order valence-electron chi connectivity index (χ1n) is 3.42. The Labute approximate surface area is 82.3 Å². The molecule has 6 heteroatoms. The van der Waals surface area contributed by atoms with E-state index in [2.05, 4.69) is 18.8 Å². The molecule has 0 rings (SSSR count). The summed E-state index contributed by atoms with van der Waals surface area (Å²) in [7, 11) is 1.32. The van der Waals surface area contributed by atoms with Crippen LogP contribution in [-0.4, -0.2) is 41.7 Å². The molecule has 0 amide bonds. The molecule has 2 N–H and O–H groups in total. The Kier molecular flexibility index (Phi) is 3.81. The molecule has 0 aliphatic rings. The molecule has 0 aromatic rings. The summed E-state index contributed by atoms with van der Waals surface area (Å²) in [5, 5.41) is 17.3. The van der Waals surface area contributed by atoms with Gasteiger partial charge in [-0.2, -0.15) is 0 Å². The molecule has 0 radical (unpaired) electrons. The lowest BCUT2D eigenvalue weighted by Gasteiger charge is -2.23. The zero-order chi connectivity index (χ0) is 9.94. The SMILES string of the molecule is C=C(C(O)=S)C([SiH3])([SiH3])CC(=O)O. The fourth-order valence-corrected chi connectivity index (χ4v) is 2.49. The molecular formula is C6H12O3SSi2. The summed E-state index contributed by atoms with van der Waals surface area (Å²) in [6, 6.07) is 0. The van der Waals surface area contributed by atoms with E-state index in [0.717, 1.165) is 0 Å². The number of aliphatic carboxylic acids is 1. The highest BCUT2D eigenvalue weighted by atomic mass is 32.1. The number of aliphatic hydroxyl groups is 1. The Morgan fingerprint density at radius 3 is 2.17 bits per heavy atom. The third-order valence-corrected chi connectivity index (χ3v) is 3.83. The number of carbonyl (C=O) groups is 1. The van der Waals surface area contributed by atoms with Crippen LogP contribution >= 0.6 is 12.2 Å². The van der Waals surface area contributed by atoms with E-state index in [1.54, 1.807) is 0 Å². The van der Waals surface area contributed by atoms with Crippen molar-refractivity contribution >= 4 is 43.7 Å². The van der Waals surface area contributed by atoms with Gasteiger partial charge in [-0.15, -0.1) is 0 Å². The fourth-order valence-electron chi connectivity index (χ4n) is 0.774. The molecular weight excluding hydrogens is 208 g/mol. The minimum atomic E-state index is -0.864. The Bertz CT molecular complexity index is 237. The van der Waals surface area contributed by atoms with Crippen molar-refractivity contribution in [2.24, 2.45) is 0 Å². The van der Waals surface area contributed by atoms with Crippen molar-refractivity contribution in [3.05, 3.63) is 12.2 Å². The lowest BCUT2D eigenvalue weighted by Crippen LogP contribution is -2.23. The van der Waals surface area contributed by atoms with Gasteiger partial charge >= 0.3 is 5.97 Å². The van der Waals surface area contributed by atoms with Crippen molar-refractivity contribution < 1.29 is 15.0 Å². The van der Waals surface area contributed by atoms with E-state index in [-0.39, 0.29) is 11.5 Å². The lowest BCUT2D eigenvalue weighted by molar-refractivity contribution is -0.137. The zero-order valence-corrected chi connectivity index (χ0v) is 11.9. The Morgan fingerprint density at radius 2 is 1.92 bits per heavy atom. The van der Waals surface area contributed by atoms with E-state index in [1.165, 1.54) is 0 Å². The van der Waals surface area contributed by atoms with Gasteiger partial charge in [-0.3, -0.25) is 4.79 Å². The number of carboxylic acids is 1. The highest BCUT2D eigenvalue weighted by molar-refractivity contribution is 7.80. The first kappa shape index (κ1) is 11.5. The summed E-state index contributed by atoms with van der Waals surface area (Å²) in [5.74, 6) is -0.864. The van der Waals surface area contributed by atoms with Crippen LogP contribution in [0.2, 0.25) is 4.66 Å². The fraction of sp³-hybridized carbons (Fsp3) is 0.333. The number of hydrogen-bond acceptors (Lipinski definition) is 2. The molecule has 0 unspecified atom stereocenters. The van der Waals surface area contributed by atoms with Gasteiger partial charge in [-0.1, -0.05) is 6.58 Å². The number of thiocarbonyl (C=S) groups is 1. The molecule has 0 bridgehead atoms. The average Bonchev–Trinajstić information content (AvgIpc) is 1.82. The molecule has 0 atom stereocenters. The molecule has 0 saturated heterocycles. The normalized spacial score (nSPS) is 15.3. The minimum Gasteiger partial charge on any atom is -0.499 e. The van der Waals surface area contributed by atoms with Crippen molar-refractivity contribution in [2.75, 3.05) is 0 Å². The van der Waals surface area contributed by atoms with E-state index in [1.807, 2.05) is 0 Å². The average molecular weight is 220 g/mol. The summed E-state index contributed by atoms with van der Waals surface area (Å²) in [6.07, 6.45) is 0.0327. The maximum atomic E-state index is 10.4. The first-order valence-corrected chi connectivity index (χ1v) is 5.82. The summed E-state index contributed by atoms with van der Waals surface area (Å²) in [5.41, 5.74) is 0.415. The molecule has 0 aliphatic carbocycles. The van der Waals surface area contributed by atoms with Crippen LogP contribution in [0.15, 0.2) is 12.2 Å². The van der Waals surface area contributed by atoms with Gasteiger partial charge in [0.1, 0.15) is 0 Å². The number of rotatable bonds is 4. The van der Waals surface area contributed by atoms with E-state index >= 15 is 0 Å². The maximum Gasteiger partial charge on any atom is 0.303 e. The summed E-state index contributed by atoms with van der Waals surface area (Å²) in [6.45, 7) is 3.59. The third kappa shape index (κ3) is 3.29. The smallest absolute Gasteiger partial charge is 0.303 e. The van der Waals surface area contributed by atoms with Crippen molar-refractivity contribution in [1.82, 2.24) is 0 Å². The lowest BCUT2D eigenvalue weighted by atomic mass is 10.1. The van der Waals surface area contributed by atoms with Crippen LogP contribution in [0.1, 0.15) is 6.42 Å². The van der Waals surface area contributed by atoms with Crippen molar-refractivity contribution in [2.45, 2.75) is 11.1 Å². The van der Waals surface area contributed by atoms with Gasteiger partial charge in [0.25, 0.3) is 0 Å². The van der Waals surface area contributed by atoms with Gasteiger partial charge < -0.3 is 10.2 Å². The van der Waals surface area contributed by atoms with Gasteiger partial charge in [-0.05, 0) is 22.5 Å². The largest absolute Gasteiger partial charge is 0.499 e. The van der Waals surface area contributed by atoms with Gasteiger partial charge in [0.15, 0.2) is 5.05 Å². The van der Waals surface area contributed by atoms with E-state index in [0.29, 0.717) is 26.1 Å². The van der Waals surface area contributed by atoms with Crippen LogP contribution in [-0.2, 0) is 4.79 Å². The van der Waals surface area contributed by atoms with Crippen LogP contribution < -0.4 is 0 Å². The predicted octanol–water partition coefficient (Wildman–Crippen LogP) is -1.25. The van der Waals surface area contributed by atoms with Crippen LogP contribution in [0.25, 0.3) is 0 Å². The number of hydrogen-bond donors (Lipinski definition) is 2. The van der Waals surface area contributed by atoms with Gasteiger partial charge in [0, 0.05) is 26.9 Å². The Hall–Kier alpha value is -0.466. The number of aliphatic hydroxyl groups excluding tert-OH is 1. The molecule has 0 fully saturated rings. The van der Waals surface area contributed by atoms with Crippen LogP contribution in [0.5, 0.6) is 0 Å². The molecule has 68 valence electrons. The molecule has 0 aromatic carbocycles. The van der Waals surface area contributed by atoms with Crippen molar-refractivity contribution in [1.29, 1.82) is 0 Å². The van der Waals surface area contributed by atoms with Gasteiger partial charge in [0.05, 0.1) is 0 Å². The van der Waals surface area contributed by atoms with E-state index in [9.17, 15) is 4.79 Å². The Morgan fingerprint density at radius 1 is 1.50 bits per heavy atom. The van der Waals surface area contributed by atoms with Gasteiger partial charge in [-0.25, -0.2) is 0 Å². The van der Waals surface area contributed by atoms with Crippen LogP contribution in [0, 0.1) is 0 Å². The number of carboxylic acid groups (broad SMARTS) is 1. The van der Waals surface area contributed by atoms with Crippen LogP contribution in [0.4, 0.5) is 0 Å². The highest BCUT2D eigenvalue weighted by Crippen LogP contribution is 2.30. The summed E-state index contributed by atoms with van der Waals surface area (Å²) in [4.78, 5) is 10.4. The zero-order valence-electron chi connectivity index (χ0n) is 7.13. The monoisotopic (exact) mass is 220 g/mol. The second-order valence-corrected chi connectivity index (χ2v) is 10.0. The maximum absolute atomic E-state index is 10.4. The topological polar surface area (TPSA) is 57.5 Å². The summed E-state index contributed by atoms with van der Waals surface area (Å²) >= 11 is 4.53. The third-order valence-electron chi connectivity index (χ3n) is 1.67. The predicted molar refractivity (Wildman–Crippen MR) is 59.2 cm³/mol. The van der Waals surface area contributed by atoms with Gasteiger partial charge in [0.2, 0.25) is 0 Å². The summed E-state index contributed by atoms with van der Waals surface area (Å²) < 4.78 is -0.405. The molecule has 0 spiro atoms. The van der Waals surface area contributed by atoms with Crippen molar-refractivity contribution in [3.63, 3.8) is 0 Å². The standard InChI is InChI=1S/C6H12O3SSi2/c1-3(5(9)10)6(11,12)2-4(7)8/h1-2H2,11-12H3,(H,7,8)(H,9,10). The van der Waals surface area contributed by atoms with E-state index < -0.39 is 10.6 Å². The highest BCUT2D eigenvalue weighted by Gasteiger charge is 2.27. The minimum absolute atomic E-state index is 0.0327. The quantitative estimate of drug-likeness (QED) is 0.353. The van der Waals surface area contributed by atoms with Crippen LogP contribution in [0.3, 0.4) is 0 Å². The van der Waals surface area contributed by atoms with E-state index in [4.69, 9.17) is 10.2 Å². The Balaban J connectivity index is 4.50. The first-order chi connectivity index (χ1) is 5.27. The second-order valence-electron chi connectivity index (χ2n) is 3.24. The molecule has 3 nitrogen and oxygen atoms in total. The molecule has 0 saturated carbocycles.